The van der Waals surface area contributed by atoms with Crippen molar-refractivity contribution in [2.75, 3.05) is 11.1 Å². The predicted molar refractivity (Wildman–Crippen MR) is 76.5 cm³/mol. The fourth-order valence-electron chi connectivity index (χ4n) is 1.59. The molecule has 98 valence electrons. The lowest BCUT2D eigenvalue weighted by atomic mass is 10.2. The van der Waals surface area contributed by atoms with E-state index in [1.807, 2.05) is 7.05 Å². The normalized spacial score (nSPS) is 13.1. The molecule has 0 aliphatic rings. The minimum atomic E-state index is -0.399. The fraction of sp³-hybridized carbons (Fsp3) is 0.500. The topological polar surface area (TPSA) is 89.9 Å². The molecule has 0 aliphatic carbocycles. The molecule has 2 aromatic rings. The third-order valence-corrected chi connectivity index (χ3v) is 4.07. The monoisotopic (exact) mass is 377 g/mol. The highest BCUT2D eigenvalue weighted by Crippen LogP contribution is 2.21. The number of nitrogens with two attached hydrogens (primary N) is 1. The summed E-state index contributed by atoms with van der Waals surface area (Å²) in [6.45, 7) is 0. The molecule has 3 N–H and O–H groups in total. The van der Waals surface area contributed by atoms with Crippen LogP contribution in [0.1, 0.15) is 12.2 Å². The second kappa shape index (κ2) is 5.50. The van der Waals surface area contributed by atoms with E-state index in [2.05, 4.69) is 46.8 Å². The van der Waals surface area contributed by atoms with Gasteiger partial charge in [-0.25, -0.2) is 15.0 Å². The maximum Gasteiger partial charge on any atom is 0.179 e. The molecule has 0 saturated heterocycles. The van der Waals surface area contributed by atoms with Gasteiger partial charge in [-0.3, -0.25) is 0 Å². The summed E-state index contributed by atoms with van der Waals surface area (Å²) in [6.07, 6.45) is 0.772. The van der Waals surface area contributed by atoms with Crippen molar-refractivity contribution in [1.82, 2.24) is 19.5 Å². The van der Waals surface area contributed by atoms with Gasteiger partial charge >= 0.3 is 0 Å². The molecule has 6 nitrogen and oxygen atoms in total. The lowest BCUT2D eigenvalue weighted by molar-refractivity contribution is 0.190. The molecular formula is C10H13Br2N5O. The quantitative estimate of drug-likeness (QED) is 0.619. The van der Waals surface area contributed by atoms with Gasteiger partial charge < -0.3 is 15.4 Å². The van der Waals surface area contributed by atoms with Crippen molar-refractivity contribution < 1.29 is 5.11 Å². The highest BCUT2D eigenvalue weighted by Gasteiger charge is 2.13. The minimum absolute atomic E-state index is 0.365. The Balaban J connectivity index is 2.33. The number of halogens is 2. The number of aliphatic hydroxyl groups excluding tert-OH is 1. The second-order valence-corrected chi connectivity index (χ2v) is 5.34. The molecule has 18 heavy (non-hydrogen) atoms. The number of hydrogen-bond donors (Lipinski definition) is 2. The average Bonchev–Trinajstić information content (AvgIpc) is 2.64. The SMILES string of the molecule is Cn1c(Br)nc2c(N)nc(CCC(O)CBr)nc21. The Hall–Kier alpha value is -0.730. The van der Waals surface area contributed by atoms with Crippen LogP contribution in [-0.4, -0.2) is 36.1 Å². The fourth-order valence-corrected chi connectivity index (χ4v) is 2.26. The number of anilines is 1. The van der Waals surface area contributed by atoms with Gasteiger partial charge in [-0.2, -0.15) is 0 Å². The molecule has 0 radical (unpaired) electrons. The van der Waals surface area contributed by atoms with E-state index >= 15 is 0 Å². The molecule has 1 atom stereocenters. The van der Waals surface area contributed by atoms with E-state index in [-0.39, 0.29) is 0 Å². The highest BCUT2D eigenvalue weighted by atomic mass is 79.9. The number of imidazole rings is 1. The standard InChI is InChI=1S/C10H13Br2N5O/c1-17-9-7(16-10(17)12)8(13)14-6(15-9)3-2-5(18)4-11/h5,18H,2-4H2,1H3,(H2,13,14,15). The van der Waals surface area contributed by atoms with Gasteiger partial charge in [-0.1, -0.05) is 15.9 Å². The zero-order valence-corrected chi connectivity index (χ0v) is 12.9. The van der Waals surface area contributed by atoms with E-state index in [9.17, 15) is 5.11 Å². The Morgan fingerprint density at radius 3 is 2.78 bits per heavy atom. The van der Waals surface area contributed by atoms with Crippen molar-refractivity contribution in [2.24, 2.45) is 7.05 Å². The molecule has 0 aliphatic heterocycles. The van der Waals surface area contributed by atoms with E-state index in [0.717, 1.165) is 0 Å². The van der Waals surface area contributed by atoms with Crippen LogP contribution in [0.2, 0.25) is 0 Å². The summed E-state index contributed by atoms with van der Waals surface area (Å²) in [5.74, 6) is 0.986. The predicted octanol–water partition coefficient (Wildman–Crippen LogP) is 1.40. The lowest BCUT2D eigenvalue weighted by Crippen LogP contribution is -2.11. The van der Waals surface area contributed by atoms with Crippen molar-refractivity contribution in [3.8, 4) is 0 Å². The number of nitrogen functional groups attached to an aromatic ring is 1. The summed E-state index contributed by atoms with van der Waals surface area (Å²) < 4.78 is 2.47. The Bertz CT molecular complexity index is 571. The molecule has 1 unspecified atom stereocenters. The van der Waals surface area contributed by atoms with Crippen LogP contribution in [0.5, 0.6) is 0 Å². The third-order valence-electron chi connectivity index (χ3n) is 2.62. The lowest BCUT2D eigenvalue weighted by Gasteiger charge is -2.06. The van der Waals surface area contributed by atoms with E-state index in [0.29, 0.717) is 45.7 Å². The largest absolute Gasteiger partial charge is 0.392 e. The summed E-state index contributed by atoms with van der Waals surface area (Å²) in [6, 6.07) is 0. The first kappa shape index (κ1) is 13.7. The average molecular weight is 379 g/mol. The van der Waals surface area contributed by atoms with Crippen molar-refractivity contribution >= 4 is 48.8 Å². The summed E-state index contributed by atoms with van der Waals surface area (Å²) >= 11 is 6.54. The van der Waals surface area contributed by atoms with Crippen LogP contribution in [0.3, 0.4) is 0 Å². The third kappa shape index (κ3) is 2.65. The van der Waals surface area contributed by atoms with Gasteiger partial charge in [0.1, 0.15) is 5.82 Å². The molecule has 0 spiro atoms. The maximum atomic E-state index is 9.50. The van der Waals surface area contributed by atoms with E-state index in [4.69, 9.17) is 5.73 Å². The van der Waals surface area contributed by atoms with Crippen molar-refractivity contribution in [2.45, 2.75) is 18.9 Å². The number of aryl methyl sites for hydroxylation is 2. The molecule has 0 fully saturated rings. The first-order chi connectivity index (χ1) is 8.52. The van der Waals surface area contributed by atoms with Gasteiger partial charge in [-0.05, 0) is 22.4 Å². The molecule has 0 amide bonds. The van der Waals surface area contributed by atoms with Crippen molar-refractivity contribution in [3.63, 3.8) is 0 Å². The molecule has 0 saturated carbocycles. The maximum absolute atomic E-state index is 9.50. The van der Waals surface area contributed by atoms with Crippen LogP contribution in [0, 0.1) is 0 Å². The molecule has 2 heterocycles. The highest BCUT2D eigenvalue weighted by molar-refractivity contribution is 9.10. The van der Waals surface area contributed by atoms with Crippen LogP contribution in [0.15, 0.2) is 4.73 Å². The van der Waals surface area contributed by atoms with E-state index < -0.39 is 6.10 Å². The van der Waals surface area contributed by atoms with E-state index in [1.54, 1.807) is 4.57 Å². The van der Waals surface area contributed by atoms with Gasteiger partial charge in [0.05, 0.1) is 6.10 Å². The second-order valence-electron chi connectivity index (χ2n) is 3.98. The zero-order chi connectivity index (χ0) is 13.3. The number of rotatable bonds is 4. The van der Waals surface area contributed by atoms with Gasteiger partial charge in [0.25, 0.3) is 0 Å². The number of nitrogens with zero attached hydrogens (tertiary/aromatic N) is 4. The Morgan fingerprint density at radius 1 is 1.39 bits per heavy atom. The van der Waals surface area contributed by atoms with Crippen LogP contribution in [0.25, 0.3) is 11.2 Å². The van der Waals surface area contributed by atoms with Crippen LogP contribution in [0.4, 0.5) is 5.82 Å². The first-order valence-electron chi connectivity index (χ1n) is 5.41. The van der Waals surface area contributed by atoms with Crippen molar-refractivity contribution in [3.05, 3.63) is 10.6 Å². The molecule has 2 rings (SSSR count). The van der Waals surface area contributed by atoms with Crippen LogP contribution < -0.4 is 5.73 Å². The number of aromatic nitrogens is 4. The number of hydrogen-bond acceptors (Lipinski definition) is 5. The Morgan fingerprint density at radius 2 is 2.11 bits per heavy atom. The van der Waals surface area contributed by atoms with E-state index in [1.165, 1.54) is 0 Å². The molecular weight excluding hydrogens is 366 g/mol. The molecule has 0 aromatic carbocycles. The number of fused-ring (bicyclic) bond motifs is 1. The Kier molecular flexibility index (Phi) is 4.18. The molecule has 0 bridgehead atoms. The summed E-state index contributed by atoms with van der Waals surface area (Å²) in [5, 5.41) is 10.0. The smallest absolute Gasteiger partial charge is 0.179 e. The zero-order valence-electron chi connectivity index (χ0n) is 9.77. The Labute approximate surface area is 121 Å². The minimum Gasteiger partial charge on any atom is -0.392 e. The first-order valence-corrected chi connectivity index (χ1v) is 7.32. The number of aliphatic hydroxyl groups is 1. The molecule has 2 aromatic heterocycles. The van der Waals surface area contributed by atoms with Gasteiger partial charge in [0, 0.05) is 18.8 Å². The summed E-state index contributed by atoms with van der Waals surface area (Å²) in [7, 11) is 1.85. The van der Waals surface area contributed by atoms with Crippen LogP contribution >= 0.6 is 31.9 Å². The van der Waals surface area contributed by atoms with Gasteiger partial charge in [0.15, 0.2) is 21.7 Å². The summed E-state index contributed by atoms with van der Waals surface area (Å²) in [5.41, 5.74) is 7.14. The van der Waals surface area contributed by atoms with Gasteiger partial charge in [-0.15, -0.1) is 0 Å². The number of alkyl halides is 1. The van der Waals surface area contributed by atoms with Crippen molar-refractivity contribution in [1.29, 1.82) is 0 Å². The molecule has 8 heteroatoms. The van der Waals surface area contributed by atoms with Crippen LogP contribution in [-0.2, 0) is 13.5 Å². The van der Waals surface area contributed by atoms with Gasteiger partial charge in [0.2, 0.25) is 0 Å². The summed E-state index contributed by atoms with van der Waals surface area (Å²) in [4.78, 5) is 12.9.